The summed E-state index contributed by atoms with van der Waals surface area (Å²) in [4.78, 5) is 0. The van der Waals surface area contributed by atoms with Crippen molar-refractivity contribution in [2.45, 2.75) is 57.6 Å². The molecule has 2 nitrogen and oxygen atoms in total. The third-order valence-electron chi connectivity index (χ3n) is 4.02. The van der Waals surface area contributed by atoms with Crippen LogP contribution >= 0.6 is 38.5 Å². The number of ether oxygens (including phenoxy) is 1. The van der Waals surface area contributed by atoms with Gasteiger partial charge in [-0.2, -0.15) is 0 Å². The Labute approximate surface area is 150 Å². The summed E-state index contributed by atoms with van der Waals surface area (Å²) < 4.78 is 8.25. The fourth-order valence-electron chi connectivity index (χ4n) is 2.89. The molecule has 0 radical (unpaired) electrons. The van der Waals surface area contributed by atoms with E-state index in [4.69, 9.17) is 4.74 Å². The highest BCUT2D eigenvalue weighted by molar-refractivity contribution is 14.1. The van der Waals surface area contributed by atoms with E-state index in [2.05, 4.69) is 69.0 Å². The number of hydrogen-bond acceptors (Lipinski definition) is 2. The summed E-state index contributed by atoms with van der Waals surface area (Å²) in [5.74, 6) is 0. The number of hydrogen-bond donors (Lipinski definition) is 1. The van der Waals surface area contributed by atoms with Crippen LogP contribution in [0.1, 0.15) is 57.1 Å². The molecular formula is C17H25BrINO. The molecule has 1 saturated heterocycles. The highest BCUT2D eigenvalue weighted by Gasteiger charge is 2.18. The summed E-state index contributed by atoms with van der Waals surface area (Å²) in [7, 11) is 0. The topological polar surface area (TPSA) is 21.3 Å². The van der Waals surface area contributed by atoms with Crippen LogP contribution in [-0.4, -0.2) is 19.3 Å². The van der Waals surface area contributed by atoms with Gasteiger partial charge in [-0.3, -0.25) is 0 Å². The molecule has 0 amide bonds. The van der Waals surface area contributed by atoms with E-state index in [0.717, 1.165) is 13.2 Å². The van der Waals surface area contributed by atoms with Crippen molar-refractivity contribution in [2.75, 3.05) is 13.2 Å². The Morgan fingerprint density at radius 2 is 2.33 bits per heavy atom. The van der Waals surface area contributed by atoms with Crippen LogP contribution in [0.2, 0.25) is 0 Å². The predicted octanol–water partition coefficient (Wildman–Crippen LogP) is 5.44. The van der Waals surface area contributed by atoms with Crippen molar-refractivity contribution in [3.63, 3.8) is 0 Å². The van der Waals surface area contributed by atoms with Crippen molar-refractivity contribution in [1.82, 2.24) is 5.32 Å². The molecule has 1 aromatic rings. The second kappa shape index (κ2) is 9.48. The number of nitrogens with one attached hydrogen (secondary N) is 1. The molecule has 21 heavy (non-hydrogen) atoms. The van der Waals surface area contributed by atoms with E-state index in [0.29, 0.717) is 12.1 Å². The van der Waals surface area contributed by atoms with Crippen LogP contribution in [0.25, 0.3) is 0 Å². The van der Waals surface area contributed by atoms with E-state index in [-0.39, 0.29) is 0 Å². The second-order valence-electron chi connectivity index (χ2n) is 5.74. The Morgan fingerprint density at radius 1 is 1.48 bits per heavy atom. The lowest BCUT2D eigenvalue weighted by molar-refractivity contribution is 0.101. The van der Waals surface area contributed by atoms with Crippen LogP contribution in [0.3, 0.4) is 0 Å². The molecule has 1 aliphatic heterocycles. The smallest absolute Gasteiger partial charge is 0.0576 e. The van der Waals surface area contributed by atoms with E-state index in [1.54, 1.807) is 0 Å². The highest BCUT2D eigenvalue weighted by Crippen LogP contribution is 2.28. The van der Waals surface area contributed by atoms with Gasteiger partial charge in [0, 0.05) is 20.7 Å². The molecule has 0 saturated carbocycles. The number of benzene rings is 1. The minimum Gasteiger partial charge on any atom is -0.378 e. The van der Waals surface area contributed by atoms with Crippen LogP contribution in [0, 0.1) is 3.57 Å². The van der Waals surface area contributed by atoms with Crippen molar-refractivity contribution < 1.29 is 4.74 Å². The average Bonchev–Trinajstić information content (AvgIpc) is 2.99. The average molecular weight is 466 g/mol. The van der Waals surface area contributed by atoms with Crippen LogP contribution in [0.4, 0.5) is 0 Å². The van der Waals surface area contributed by atoms with E-state index >= 15 is 0 Å². The summed E-state index contributed by atoms with van der Waals surface area (Å²) in [6, 6.07) is 7.03. The van der Waals surface area contributed by atoms with Crippen molar-refractivity contribution in [1.29, 1.82) is 0 Å². The van der Waals surface area contributed by atoms with Gasteiger partial charge in [-0.25, -0.2) is 0 Å². The van der Waals surface area contributed by atoms with Gasteiger partial charge in [0.05, 0.1) is 6.10 Å². The summed E-state index contributed by atoms with van der Waals surface area (Å²) >= 11 is 6.05. The van der Waals surface area contributed by atoms with Crippen LogP contribution in [-0.2, 0) is 4.74 Å². The zero-order chi connectivity index (χ0) is 15.1. The summed E-state index contributed by atoms with van der Waals surface area (Å²) in [5, 5.41) is 3.71. The fraction of sp³-hybridized carbons (Fsp3) is 0.647. The minimum absolute atomic E-state index is 0.454. The van der Waals surface area contributed by atoms with Crippen molar-refractivity contribution in [3.05, 3.63) is 31.8 Å². The SMILES string of the molecule is CCCNC(CCCC1CCCO1)c1cc(Br)ccc1I. The fourth-order valence-corrected chi connectivity index (χ4v) is 3.98. The van der Waals surface area contributed by atoms with Crippen LogP contribution in [0.5, 0.6) is 0 Å². The Bertz CT molecular complexity index is 435. The maximum atomic E-state index is 5.74. The molecule has 0 aromatic heterocycles. The largest absolute Gasteiger partial charge is 0.378 e. The molecule has 1 aromatic carbocycles. The maximum Gasteiger partial charge on any atom is 0.0576 e. The van der Waals surface area contributed by atoms with Crippen LogP contribution in [0.15, 0.2) is 22.7 Å². The first kappa shape index (κ1) is 17.7. The van der Waals surface area contributed by atoms with E-state index < -0.39 is 0 Å². The van der Waals surface area contributed by atoms with E-state index in [1.165, 1.54) is 52.1 Å². The van der Waals surface area contributed by atoms with Gasteiger partial charge in [0.2, 0.25) is 0 Å². The molecule has 1 aliphatic rings. The number of halogens is 2. The third kappa shape index (κ3) is 5.81. The zero-order valence-corrected chi connectivity index (χ0v) is 16.5. The zero-order valence-electron chi connectivity index (χ0n) is 12.7. The molecule has 2 unspecified atom stereocenters. The van der Waals surface area contributed by atoms with E-state index in [1.807, 2.05) is 0 Å². The molecule has 0 bridgehead atoms. The molecule has 4 heteroatoms. The van der Waals surface area contributed by atoms with Gasteiger partial charge in [0.1, 0.15) is 0 Å². The summed E-state index contributed by atoms with van der Waals surface area (Å²) in [5.41, 5.74) is 1.42. The van der Waals surface area contributed by atoms with Gasteiger partial charge in [-0.1, -0.05) is 22.9 Å². The van der Waals surface area contributed by atoms with Gasteiger partial charge in [0.15, 0.2) is 0 Å². The summed E-state index contributed by atoms with van der Waals surface area (Å²) in [6.07, 6.45) is 7.80. The Kier molecular flexibility index (Phi) is 7.99. The molecule has 2 rings (SSSR count). The quantitative estimate of drug-likeness (QED) is 0.516. The molecule has 0 spiro atoms. The first-order valence-corrected chi connectivity index (χ1v) is 9.87. The van der Waals surface area contributed by atoms with Gasteiger partial charge in [-0.15, -0.1) is 0 Å². The molecule has 1 fully saturated rings. The first-order valence-electron chi connectivity index (χ1n) is 8.00. The van der Waals surface area contributed by atoms with Gasteiger partial charge < -0.3 is 10.1 Å². The Hall–Kier alpha value is 0.350. The lowest BCUT2D eigenvalue weighted by Gasteiger charge is -2.21. The monoisotopic (exact) mass is 465 g/mol. The molecule has 1 heterocycles. The molecule has 118 valence electrons. The van der Waals surface area contributed by atoms with Gasteiger partial charge in [0.25, 0.3) is 0 Å². The van der Waals surface area contributed by atoms with Gasteiger partial charge in [-0.05, 0) is 91.4 Å². The Balaban J connectivity index is 1.94. The standard InChI is InChI=1S/C17H25BrINO/c1-2-10-20-17(7-3-5-14-6-4-11-21-14)15-12-13(18)8-9-16(15)19/h8-9,12,14,17,20H,2-7,10-11H2,1H3. The molecule has 1 N–H and O–H groups in total. The lowest BCUT2D eigenvalue weighted by Crippen LogP contribution is -2.23. The molecule has 0 aliphatic carbocycles. The van der Waals surface area contributed by atoms with Crippen molar-refractivity contribution >= 4 is 38.5 Å². The van der Waals surface area contributed by atoms with E-state index in [9.17, 15) is 0 Å². The minimum atomic E-state index is 0.454. The van der Waals surface area contributed by atoms with Crippen molar-refractivity contribution in [2.24, 2.45) is 0 Å². The third-order valence-corrected chi connectivity index (χ3v) is 5.49. The normalized spacial score (nSPS) is 19.9. The lowest BCUT2D eigenvalue weighted by atomic mass is 9.99. The van der Waals surface area contributed by atoms with Crippen molar-refractivity contribution in [3.8, 4) is 0 Å². The highest BCUT2D eigenvalue weighted by atomic mass is 127. The molecular weight excluding hydrogens is 441 g/mol. The maximum absolute atomic E-state index is 5.74. The number of rotatable bonds is 8. The predicted molar refractivity (Wildman–Crippen MR) is 101 cm³/mol. The first-order chi connectivity index (χ1) is 10.2. The second-order valence-corrected chi connectivity index (χ2v) is 7.82. The molecule has 2 atom stereocenters. The van der Waals surface area contributed by atoms with Gasteiger partial charge >= 0.3 is 0 Å². The Morgan fingerprint density at radius 3 is 3.05 bits per heavy atom. The summed E-state index contributed by atoms with van der Waals surface area (Å²) in [6.45, 7) is 4.27. The van der Waals surface area contributed by atoms with Crippen LogP contribution < -0.4 is 5.32 Å².